The largest absolute Gasteiger partial charge is 1.00 e. The number of aromatic carboxylic acids is 1. The van der Waals surface area contributed by atoms with Crippen LogP contribution >= 0.6 is 0 Å². The quantitative estimate of drug-likeness (QED) is 0.279. The molecule has 0 aromatic heterocycles. The molecule has 0 aliphatic rings. The van der Waals surface area contributed by atoms with Crippen LogP contribution in [0.1, 0.15) is 114 Å². The van der Waals surface area contributed by atoms with Gasteiger partial charge in [0, 0.05) is 5.56 Å². The van der Waals surface area contributed by atoms with Gasteiger partial charge in [-0.2, -0.15) is 0 Å². The van der Waals surface area contributed by atoms with Crippen molar-refractivity contribution in [3.63, 3.8) is 0 Å². The second kappa shape index (κ2) is 19.6. The Morgan fingerprint density at radius 2 is 1.33 bits per heavy atom. The molecule has 30 heavy (non-hydrogen) atoms. The van der Waals surface area contributed by atoms with Crippen LogP contribution in [0.5, 0.6) is 11.5 Å². The Labute approximate surface area is 226 Å². The van der Waals surface area contributed by atoms with E-state index in [1.807, 2.05) is 0 Å². The minimum Gasteiger partial charge on any atom is -0.545 e. The topological polar surface area (TPSA) is 69.6 Å². The average molecular weight is 445 g/mol. The Morgan fingerprint density at radius 1 is 0.867 bits per heavy atom. The first kappa shape index (κ1) is 29.9. The number of phenols is 1. The van der Waals surface area contributed by atoms with Crippen LogP contribution in [0, 0.1) is 5.92 Å². The maximum atomic E-state index is 10.9. The first-order valence-corrected chi connectivity index (χ1v) is 11.7. The van der Waals surface area contributed by atoms with Gasteiger partial charge in [0.2, 0.25) is 0 Å². The van der Waals surface area contributed by atoms with Crippen molar-refractivity contribution < 1.29 is 71.1 Å². The molecular weight excluding hydrogens is 403 g/mol. The molecule has 1 aromatic rings. The standard InChI is InChI=1S/C25H42O4.K/c1-21(2)16-14-12-10-8-6-4-3-5-7-9-11-13-15-19-29-22-17-18-24(26)23(20-22)25(27)28;/h17-18,20-21,26H,3-16,19H2,1-2H3,(H,27,28);/q;+1/p-1. The van der Waals surface area contributed by atoms with Crippen molar-refractivity contribution >= 4 is 5.97 Å². The average Bonchev–Trinajstić information content (AvgIpc) is 2.68. The van der Waals surface area contributed by atoms with Crippen molar-refractivity contribution in [2.24, 2.45) is 5.92 Å². The van der Waals surface area contributed by atoms with Gasteiger partial charge < -0.3 is 19.7 Å². The third-order valence-corrected chi connectivity index (χ3v) is 5.38. The van der Waals surface area contributed by atoms with E-state index < -0.39 is 5.97 Å². The zero-order valence-corrected chi connectivity index (χ0v) is 22.7. The third kappa shape index (κ3) is 15.7. The fraction of sp³-hybridized carbons (Fsp3) is 0.720. The van der Waals surface area contributed by atoms with E-state index in [1.165, 1.54) is 89.2 Å². The summed E-state index contributed by atoms with van der Waals surface area (Å²) in [5, 5.41) is 20.3. The maximum Gasteiger partial charge on any atom is 1.00 e. The smallest absolute Gasteiger partial charge is 0.545 e. The molecule has 0 amide bonds. The molecule has 1 rings (SSSR count). The number of unbranched alkanes of at least 4 members (excludes halogenated alkanes) is 12. The molecule has 0 saturated heterocycles. The second-order valence-corrected chi connectivity index (χ2v) is 8.59. The molecule has 0 bridgehead atoms. The summed E-state index contributed by atoms with van der Waals surface area (Å²) in [7, 11) is 0. The molecule has 0 atom stereocenters. The zero-order chi connectivity index (χ0) is 21.3. The number of carbonyl (C=O) groups is 1. The molecule has 0 fully saturated rings. The van der Waals surface area contributed by atoms with Crippen LogP contribution in [-0.4, -0.2) is 17.7 Å². The van der Waals surface area contributed by atoms with E-state index in [0.717, 1.165) is 18.8 Å². The van der Waals surface area contributed by atoms with Crippen molar-refractivity contribution in [3.8, 4) is 11.5 Å². The summed E-state index contributed by atoms with van der Waals surface area (Å²) >= 11 is 0. The van der Waals surface area contributed by atoms with Crippen LogP contribution in [0.2, 0.25) is 0 Å². The number of hydrogen-bond donors (Lipinski definition) is 1. The van der Waals surface area contributed by atoms with Gasteiger partial charge in [-0.3, -0.25) is 0 Å². The Balaban J connectivity index is 0.00000841. The van der Waals surface area contributed by atoms with Crippen LogP contribution in [0.3, 0.4) is 0 Å². The van der Waals surface area contributed by atoms with E-state index >= 15 is 0 Å². The van der Waals surface area contributed by atoms with E-state index in [1.54, 1.807) is 6.07 Å². The Hall–Kier alpha value is -0.0736. The van der Waals surface area contributed by atoms with Gasteiger partial charge in [-0.25, -0.2) is 0 Å². The van der Waals surface area contributed by atoms with Gasteiger partial charge in [0.25, 0.3) is 0 Å². The summed E-state index contributed by atoms with van der Waals surface area (Å²) in [5.41, 5.74) is -0.228. The first-order valence-electron chi connectivity index (χ1n) is 11.7. The van der Waals surface area contributed by atoms with Gasteiger partial charge in [0.1, 0.15) is 11.5 Å². The van der Waals surface area contributed by atoms with Crippen molar-refractivity contribution in [1.82, 2.24) is 0 Å². The SMILES string of the molecule is CC(C)CCCCCCCCCCCCCCCOc1ccc(O)c(C(=O)[O-])c1.[K+]. The first-order chi connectivity index (χ1) is 14.0. The second-order valence-electron chi connectivity index (χ2n) is 8.59. The van der Waals surface area contributed by atoms with E-state index in [9.17, 15) is 15.0 Å². The van der Waals surface area contributed by atoms with Crippen LogP contribution in [0.15, 0.2) is 18.2 Å². The number of benzene rings is 1. The number of carbonyl (C=O) groups excluding carboxylic acids is 1. The predicted octanol–water partition coefficient (Wildman–Crippen LogP) is 3.26. The van der Waals surface area contributed by atoms with Gasteiger partial charge in [-0.15, -0.1) is 0 Å². The number of hydrogen-bond acceptors (Lipinski definition) is 4. The molecule has 0 spiro atoms. The maximum absolute atomic E-state index is 10.9. The molecule has 0 saturated carbocycles. The van der Waals surface area contributed by atoms with Crippen molar-refractivity contribution in [2.45, 2.75) is 104 Å². The summed E-state index contributed by atoms with van der Waals surface area (Å²) in [6, 6.07) is 4.22. The fourth-order valence-electron chi connectivity index (χ4n) is 3.56. The minimum atomic E-state index is -1.39. The number of carboxylic acids is 1. The number of aromatic hydroxyl groups is 1. The molecule has 4 nitrogen and oxygen atoms in total. The number of rotatable bonds is 18. The van der Waals surface area contributed by atoms with Gasteiger partial charge in [0.05, 0.1) is 12.6 Å². The molecule has 166 valence electrons. The zero-order valence-electron chi connectivity index (χ0n) is 19.6. The minimum absolute atomic E-state index is 0. The van der Waals surface area contributed by atoms with E-state index in [-0.39, 0.29) is 62.7 Å². The molecule has 0 heterocycles. The summed E-state index contributed by atoms with van der Waals surface area (Å²) < 4.78 is 5.57. The normalized spacial score (nSPS) is 10.8. The van der Waals surface area contributed by atoms with Gasteiger partial charge in [-0.05, 0) is 30.5 Å². The Kier molecular flexibility index (Phi) is 19.6. The monoisotopic (exact) mass is 444 g/mol. The number of carboxylic acid groups (broad SMARTS) is 1. The molecule has 0 unspecified atom stereocenters. The fourth-order valence-corrected chi connectivity index (χ4v) is 3.56. The van der Waals surface area contributed by atoms with Gasteiger partial charge in [0.15, 0.2) is 0 Å². The van der Waals surface area contributed by atoms with E-state index in [4.69, 9.17) is 4.74 Å². The summed E-state index contributed by atoms with van der Waals surface area (Å²) in [5.74, 6) is -0.373. The molecule has 0 aliphatic carbocycles. The van der Waals surface area contributed by atoms with Crippen molar-refractivity contribution in [2.75, 3.05) is 6.61 Å². The predicted molar refractivity (Wildman–Crippen MR) is 117 cm³/mol. The molecule has 0 aliphatic heterocycles. The van der Waals surface area contributed by atoms with E-state index in [2.05, 4.69) is 13.8 Å². The van der Waals surface area contributed by atoms with E-state index in [0.29, 0.717) is 12.4 Å². The molecule has 1 aromatic carbocycles. The Bertz CT molecular complexity index is 560. The Morgan fingerprint density at radius 3 is 1.80 bits per heavy atom. The van der Waals surface area contributed by atoms with Crippen molar-refractivity contribution in [1.29, 1.82) is 0 Å². The van der Waals surface area contributed by atoms with Crippen LogP contribution < -0.4 is 61.2 Å². The summed E-state index contributed by atoms with van der Waals surface area (Å²) in [6.45, 7) is 5.18. The molecule has 5 heteroatoms. The van der Waals surface area contributed by atoms with Gasteiger partial charge in [-0.1, -0.05) is 97.3 Å². The van der Waals surface area contributed by atoms with Crippen LogP contribution in [0.25, 0.3) is 0 Å². The number of ether oxygens (including phenoxy) is 1. The van der Waals surface area contributed by atoms with Gasteiger partial charge >= 0.3 is 51.4 Å². The summed E-state index contributed by atoms with van der Waals surface area (Å²) in [4.78, 5) is 10.9. The van der Waals surface area contributed by atoms with Crippen LogP contribution in [0.4, 0.5) is 0 Å². The molecule has 0 radical (unpaired) electrons. The summed E-state index contributed by atoms with van der Waals surface area (Å²) in [6.07, 6.45) is 18.4. The molecular formula is C25H41KO4. The molecule has 1 N–H and O–H groups in total. The van der Waals surface area contributed by atoms with Crippen molar-refractivity contribution in [3.05, 3.63) is 23.8 Å². The van der Waals surface area contributed by atoms with Crippen LogP contribution in [-0.2, 0) is 0 Å². The third-order valence-electron chi connectivity index (χ3n) is 5.38.